The quantitative estimate of drug-likeness (QED) is 0.222. The Morgan fingerprint density at radius 3 is 2.62 bits per heavy atom. The normalized spacial score (nSPS) is 11.4. The van der Waals surface area contributed by atoms with Gasteiger partial charge in [-0.25, -0.2) is 4.39 Å². The van der Waals surface area contributed by atoms with Gasteiger partial charge in [0.2, 0.25) is 11.0 Å². The number of halogens is 2. The second-order valence-electron chi connectivity index (χ2n) is 7.44. The van der Waals surface area contributed by atoms with Crippen molar-refractivity contribution in [2.45, 2.75) is 20.4 Å². The Labute approximate surface area is 198 Å². The van der Waals surface area contributed by atoms with Gasteiger partial charge in [-0.15, -0.1) is 10.2 Å². The number of aromatic hydroxyl groups is 1. The van der Waals surface area contributed by atoms with Crippen LogP contribution in [-0.2, 0) is 6.54 Å². The Bertz CT molecular complexity index is 1370. The van der Waals surface area contributed by atoms with Gasteiger partial charge >= 0.3 is 0 Å². The summed E-state index contributed by atoms with van der Waals surface area (Å²) < 4.78 is 16.6. The number of hydrogen-bond acceptors (Lipinski definition) is 3. The lowest BCUT2D eigenvalue weighted by molar-refractivity contribution is 0.428. The lowest BCUT2D eigenvalue weighted by Crippen LogP contribution is -2.05. The van der Waals surface area contributed by atoms with E-state index in [1.807, 2.05) is 50.2 Å². The smallest absolute Gasteiger partial charge is 0.221 e. The molecule has 4 aromatic rings. The number of rotatable bonds is 4. The lowest BCUT2D eigenvalue weighted by atomic mass is 10.1. The first-order chi connectivity index (χ1) is 15.3. The van der Waals surface area contributed by atoms with E-state index in [1.165, 1.54) is 11.6 Å². The predicted molar refractivity (Wildman–Crippen MR) is 133 cm³/mol. The molecule has 3 aromatic carbocycles. The number of hydrogen-bond donors (Lipinski definition) is 2. The van der Waals surface area contributed by atoms with Crippen LogP contribution in [0.2, 0.25) is 0 Å². The van der Waals surface area contributed by atoms with E-state index in [4.69, 9.17) is 12.2 Å². The summed E-state index contributed by atoms with van der Waals surface area (Å²) in [5, 5.41) is 23.1. The zero-order valence-corrected chi connectivity index (χ0v) is 19.8. The predicted octanol–water partition coefficient (Wildman–Crippen LogP) is 7.39. The number of aryl methyl sites for hydroxylation is 2. The maximum Gasteiger partial charge on any atom is 0.221 e. The summed E-state index contributed by atoms with van der Waals surface area (Å²) in [5.41, 5.74) is 4.55. The zero-order chi connectivity index (χ0) is 22.8. The molecule has 0 amide bonds. The van der Waals surface area contributed by atoms with Crippen LogP contribution in [0.25, 0.3) is 10.9 Å². The van der Waals surface area contributed by atoms with Gasteiger partial charge in [0.05, 0.1) is 12.1 Å². The summed E-state index contributed by atoms with van der Waals surface area (Å²) in [6, 6.07) is 17.9. The van der Waals surface area contributed by atoms with Crippen molar-refractivity contribution in [3.63, 3.8) is 0 Å². The number of nitrogens with zero attached hydrogens (tertiary/aromatic N) is 3. The van der Waals surface area contributed by atoms with Crippen LogP contribution in [0, 0.1) is 19.7 Å². The first-order valence-electron chi connectivity index (χ1n) is 9.87. The van der Waals surface area contributed by atoms with E-state index in [0.29, 0.717) is 16.5 Å². The molecular formula is C24H20BrFN4OS. The highest BCUT2D eigenvalue weighted by molar-refractivity contribution is 9.10. The largest absolute Gasteiger partial charge is 0.493 e. The van der Waals surface area contributed by atoms with Gasteiger partial charge in [0.1, 0.15) is 5.82 Å². The molecule has 1 heterocycles. The van der Waals surface area contributed by atoms with Crippen LogP contribution in [0.5, 0.6) is 5.88 Å². The third kappa shape index (κ3) is 4.56. The summed E-state index contributed by atoms with van der Waals surface area (Å²) in [6.45, 7) is 4.21. The van der Waals surface area contributed by atoms with Gasteiger partial charge in [-0.1, -0.05) is 40.2 Å². The number of thiocarbonyl (C=S) groups is 1. The summed E-state index contributed by atoms with van der Waals surface area (Å²) in [6.07, 6.45) is 0. The topological polar surface area (TPSA) is 61.9 Å². The summed E-state index contributed by atoms with van der Waals surface area (Å²) in [4.78, 5) is 0. The second kappa shape index (κ2) is 9.18. The van der Waals surface area contributed by atoms with E-state index in [1.54, 1.807) is 22.8 Å². The van der Waals surface area contributed by atoms with Crippen molar-refractivity contribution < 1.29 is 9.50 Å². The molecule has 162 valence electrons. The standard InChI is InChI=1S/C24H20BrFN4OS/c1-14-7-9-18(11-15(14)2)27-24(32)29-28-22-19-12-17(25)8-10-21(19)30(23(22)31)13-16-5-3-4-6-20(16)26/h3-12,31H,13H2,1-2H3,(H,27,32). The number of fused-ring (bicyclic) bond motifs is 1. The third-order valence-corrected chi connectivity index (χ3v) is 5.93. The maximum atomic E-state index is 14.2. The van der Waals surface area contributed by atoms with Crippen molar-refractivity contribution in [3.8, 4) is 5.88 Å². The number of nitrogens with one attached hydrogen (secondary N) is 1. The summed E-state index contributed by atoms with van der Waals surface area (Å²) >= 11 is 8.77. The van der Waals surface area contributed by atoms with E-state index in [9.17, 15) is 9.50 Å². The zero-order valence-electron chi connectivity index (χ0n) is 17.4. The number of anilines is 1. The Kier molecular flexibility index (Phi) is 6.34. The minimum Gasteiger partial charge on any atom is -0.493 e. The highest BCUT2D eigenvalue weighted by Crippen LogP contribution is 2.40. The molecular weight excluding hydrogens is 491 g/mol. The highest BCUT2D eigenvalue weighted by atomic mass is 79.9. The molecule has 8 heteroatoms. The molecule has 0 fully saturated rings. The minimum absolute atomic E-state index is 0.112. The monoisotopic (exact) mass is 510 g/mol. The van der Waals surface area contributed by atoms with Crippen molar-refractivity contribution in [2.24, 2.45) is 10.2 Å². The molecule has 1 aromatic heterocycles. The molecule has 0 saturated carbocycles. The fourth-order valence-electron chi connectivity index (χ4n) is 3.41. The van der Waals surface area contributed by atoms with Crippen molar-refractivity contribution in [3.05, 3.63) is 87.6 Å². The van der Waals surface area contributed by atoms with Crippen LogP contribution < -0.4 is 5.32 Å². The molecule has 0 bridgehead atoms. The third-order valence-electron chi connectivity index (χ3n) is 5.26. The van der Waals surface area contributed by atoms with Crippen molar-refractivity contribution in [1.29, 1.82) is 0 Å². The van der Waals surface area contributed by atoms with Crippen molar-refractivity contribution in [1.82, 2.24) is 4.57 Å². The lowest BCUT2D eigenvalue weighted by Gasteiger charge is -2.08. The van der Waals surface area contributed by atoms with Gasteiger partial charge in [-0.05, 0) is 73.6 Å². The van der Waals surface area contributed by atoms with E-state index in [-0.39, 0.29) is 29.0 Å². The molecule has 5 nitrogen and oxygen atoms in total. The van der Waals surface area contributed by atoms with Crippen LogP contribution in [-0.4, -0.2) is 14.8 Å². The van der Waals surface area contributed by atoms with Gasteiger partial charge in [0, 0.05) is 21.1 Å². The highest BCUT2D eigenvalue weighted by Gasteiger charge is 2.18. The van der Waals surface area contributed by atoms with Gasteiger partial charge in [-0.2, -0.15) is 0 Å². The van der Waals surface area contributed by atoms with Crippen LogP contribution in [0.3, 0.4) is 0 Å². The average molecular weight is 511 g/mol. The van der Waals surface area contributed by atoms with Gasteiger partial charge < -0.3 is 15.0 Å². The SMILES string of the molecule is Cc1ccc(NC(=S)N=Nc2c(O)n(Cc3ccccc3F)c3ccc(Br)cc23)cc1C. The molecule has 0 radical (unpaired) electrons. The van der Waals surface area contributed by atoms with E-state index >= 15 is 0 Å². The number of azo groups is 1. The van der Waals surface area contributed by atoms with Crippen LogP contribution in [0.15, 0.2) is 75.4 Å². The summed E-state index contributed by atoms with van der Waals surface area (Å²) in [5.74, 6) is -0.452. The molecule has 0 unspecified atom stereocenters. The minimum atomic E-state index is -0.340. The molecule has 0 aliphatic carbocycles. The van der Waals surface area contributed by atoms with Gasteiger partial charge in [0.25, 0.3) is 0 Å². The molecule has 4 rings (SSSR count). The van der Waals surface area contributed by atoms with E-state index in [0.717, 1.165) is 15.7 Å². The molecule has 32 heavy (non-hydrogen) atoms. The molecule has 0 aliphatic heterocycles. The Morgan fingerprint density at radius 1 is 1.09 bits per heavy atom. The fraction of sp³-hybridized carbons (Fsp3) is 0.125. The van der Waals surface area contributed by atoms with Gasteiger partial charge in [0.15, 0.2) is 5.69 Å². The molecule has 0 saturated heterocycles. The van der Waals surface area contributed by atoms with Crippen LogP contribution >= 0.6 is 28.1 Å². The first kappa shape index (κ1) is 22.1. The molecule has 0 aliphatic rings. The van der Waals surface area contributed by atoms with Crippen molar-refractivity contribution >= 4 is 55.5 Å². The molecule has 2 N–H and O–H groups in total. The fourth-order valence-corrected chi connectivity index (χ4v) is 3.93. The molecule has 0 spiro atoms. The number of benzene rings is 3. The number of aromatic nitrogens is 1. The van der Waals surface area contributed by atoms with E-state index < -0.39 is 0 Å². The van der Waals surface area contributed by atoms with Gasteiger partial charge in [-0.3, -0.25) is 0 Å². The van der Waals surface area contributed by atoms with Crippen LogP contribution in [0.1, 0.15) is 16.7 Å². The second-order valence-corrected chi connectivity index (χ2v) is 8.74. The van der Waals surface area contributed by atoms with Crippen molar-refractivity contribution in [2.75, 3.05) is 5.32 Å². The molecule has 0 atom stereocenters. The summed E-state index contributed by atoms with van der Waals surface area (Å²) in [7, 11) is 0. The maximum absolute atomic E-state index is 14.2. The first-order valence-corrected chi connectivity index (χ1v) is 11.1. The van der Waals surface area contributed by atoms with E-state index in [2.05, 4.69) is 31.5 Å². The average Bonchev–Trinajstić information content (AvgIpc) is 3.01. The Hall–Kier alpha value is -3.10. The van der Waals surface area contributed by atoms with Crippen LogP contribution in [0.4, 0.5) is 15.8 Å². The Morgan fingerprint density at radius 2 is 1.88 bits per heavy atom. The Balaban J connectivity index is 1.68.